The Morgan fingerprint density at radius 3 is 2.50 bits per heavy atom. The molecule has 2 rings (SSSR count). The smallest absolute Gasteiger partial charge is 0.303 e. The van der Waals surface area contributed by atoms with E-state index in [4.69, 9.17) is 14.2 Å². The van der Waals surface area contributed by atoms with Gasteiger partial charge in [0.05, 0.1) is 14.2 Å². The fourth-order valence-corrected chi connectivity index (χ4v) is 2.55. The SMILES string of the molecule is COc1ccc(OC)c(C=CC(=O)N2CCCN2C(=O)COC(C)=O)c1. The maximum atomic E-state index is 12.5. The Labute approximate surface area is 151 Å². The maximum Gasteiger partial charge on any atom is 0.303 e. The second-order valence-electron chi connectivity index (χ2n) is 5.55. The molecule has 2 amide bonds. The van der Waals surface area contributed by atoms with E-state index in [9.17, 15) is 14.4 Å². The van der Waals surface area contributed by atoms with E-state index in [1.807, 2.05) is 0 Å². The molecule has 0 saturated carbocycles. The van der Waals surface area contributed by atoms with Crippen molar-refractivity contribution >= 4 is 23.9 Å². The van der Waals surface area contributed by atoms with Gasteiger partial charge in [0, 0.05) is 31.7 Å². The average Bonchev–Trinajstić information content (AvgIpc) is 3.13. The normalized spacial score (nSPS) is 13.8. The molecule has 0 bridgehead atoms. The van der Waals surface area contributed by atoms with Gasteiger partial charge in [0.1, 0.15) is 11.5 Å². The van der Waals surface area contributed by atoms with Crippen LogP contribution in [0.1, 0.15) is 18.9 Å². The van der Waals surface area contributed by atoms with Crippen molar-refractivity contribution in [1.29, 1.82) is 0 Å². The number of methoxy groups -OCH3 is 2. The molecule has 1 aliphatic rings. The Morgan fingerprint density at radius 1 is 1.12 bits per heavy atom. The van der Waals surface area contributed by atoms with Gasteiger partial charge in [0.25, 0.3) is 11.8 Å². The predicted molar refractivity (Wildman–Crippen MR) is 93.3 cm³/mol. The Morgan fingerprint density at radius 2 is 1.85 bits per heavy atom. The van der Waals surface area contributed by atoms with Crippen LogP contribution in [0.3, 0.4) is 0 Å². The van der Waals surface area contributed by atoms with Crippen LogP contribution in [0.4, 0.5) is 0 Å². The molecule has 140 valence electrons. The number of hydrogen-bond acceptors (Lipinski definition) is 6. The van der Waals surface area contributed by atoms with Crippen LogP contribution < -0.4 is 9.47 Å². The summed E-state index contributed by atoms with van der Waals surface area (Å²) in [5.74, 6) is -0.0845. The van der Waals surface area contributed by atoms with Crippen molar-refractivity contribution in [1.82, 2.24) is 10.0 Å². The number of rotatable bonds is 6. The first-order chi connectivity index (χ1) is 12.5. The molecule has 26 heavy (non-hydrogen) atoms. The van der Waals surface area contributed by atoms with E-state index in [-0.39, 0.29) is 12.5 Å². The Bertz CT molecular complexity index is 716. The molecule has 1 aromatic carbocycles. The van der Waals surface area contributed by atoms with Gasteiger partial charge in [0.2, 0.25) is 0 Å². The van der Waals surface area contributed by atoms with E-state index in [1.54, 1.807) is 31.4 Å². The fraction of sp³-hybridized carbons (Fsp3) is 0.389. The summed E-state index contributed by atoms with van der Waals surface area (Å²) in [6, 6.07) is 5.25. The minimum Gasteiger partial charge on any atom is -0.497 e. The van der Waals surface area contributed by atoms with Crippen LogP contribution in [0.2, 0.25) is 0 Å². The second-order valence-corrected chi connectivity index (χ2v) is 5.55. The quantitative estimate of drug-likeness (QED) is 0.559. The van der Waals surface area contributed by atoms with Gasteiger partial charge in [-0.05, 0) is 30.7 Å². The molecule has 0 atom stereocenters. The van der Waals surface area contributed by atoms with Crippen LogP contribution in [0, 0.1) is 0 Å². The van der Waals surface area contributed by atoms with Crippen molar-refractivity contribution in [2.45, 2.75) is 13.3 Å². The molecule has 0 N–H and O–H groups in total. The Hall–Kier alpha value is -3.03. The zero-order valence-electron chi connectivity index (χ0n) is 15.1. The lowest BCUT2D eigenvalue weighted by Gasteiger charge is -2.26. The number of carbonyl (C=O) groups is 3. The predicted octanol–water partition coefficient (Wildman–Crippen LogP) is 1.26. The first kappa shape index (κ1) is 19.3. The summed E-state index contributed by atoms with van der Waals surface area (Å²) in [6.45, 7) is 1.67. The topological polar surface area (TPSA) is 85.4 Å². The number of amides is 2. The zero-order valence-corrected chi connectivity index (χ0v) is 15.1. The van der Waals surface area contributed by atoms with E-state index < -0.39 is 11.9 Å². The third-order valence-electron chi connectivity index (χ3n) is 3.81. The number of benzene rings is 1. The molecule has 1 saturated heterocycles. The second kappa shape index (κ2) is 8.89. The highest BCUT2D eigenvalue weighted by molar-refractivity contribution is 5.94. The summed E-state index contributed by atoms with van der Waals surface area (Å²) < 4.78 is 15.2. The third-order valence-corrected chi connectivity index (χ3v) is 3.81. The summed E-state index contributed by atoms with van der Waals surface area (Å²) in [5.41, 5.74) is 0.678. The van der Waals surface area contributed by atoms with Gasteiger partial charge in [-0.15, -0.1) is 0 Å². The Kier molecular flexibility index (Phi) is 6.60. The maximum absolute atomic E-state index is 12.5. The van der Waals surface area contributed by atoms with Crippen molar-refractivity contribution in [3.8, 4) is 11.5 Å². The van der Waals surface area contributed by atoms with E-state index >= 15 is 0 Å². The standard InChI is InChI=1S/C18H22N2O6/c1-13(21)26-12-18(23)20-10-4-9-19(20)17(22)8-5-14-11-15(24-2)6-7-16(14)25-3/h5-8,11H,4,9-10,12H2,1-3H3. The molecule has 0 radical (unpaired) electrons. The minimum absolute atomic E-state index is 0.344. The molecular weight excluding hydrogens is 340 g/mol. The summed E-state index contributed by atoms with van der Waals surface area (Å²) in [4.78, 5) is 35.5. The van der Waals surface area contributed by atoms with Gasteiger partial charge < -0.3 is 14.2 Å². The first-order valence-corrected chi connectivity index (χ1v) is 8.11. The third kappa shape index (κ3) is 4.75. The molecule has 0 spiro atoms. The van der Waals surface area contributed by atoms with Crippen molar-refractivity contribution in [2.24, 2.45) is 0 Å². The van der Waals surface area contributed by atoms with Crippen molar-refractivity contribution in [3.05, 3.63) is 29.8 Å². The molecule has 1 aliphatic heterocycles. The van der Waals surface area contributed by atoms with Crippen LogP contribution in [0.25, 0.3) is 6.08 Å². The van der Waals surface area contributed by atoms with Crippen LogP contribution in [-0.4, -0.2) is 61.7 Å². The summed E-state index contributed by atoms with van der Waals surface area (Å²) in [6.07, 6.45) is 3.64. The highest BCUT2D eigenvalue weighted by Gasteiger charge is 2.29. The largest absolute Gasteiger partial charge is 0.497 e. The highest BCUT2D eigenvalue weighted by atomic mass is 16.5. The molecule has 8 heteroatoms. The van der Waals surface area contributed by atoms with E-state index in [0.29, 0.717) is 36.6 Å². The molecule has 1 fully saturated rings. The molecule has 8 nitrogen and oxygen atoms in total. The molecule has 1 aromatic rings. The van der Waals surface area contributed by atoms with Crippen LogP contribution >= 0.6 is 0 Å². The van der Waals surface area contributed by atoms with Gasteiger partial charge in [-0.2, -0.15) is 0 Å². The summed E-state index contributed by atoms with van der Waals surface area (Å²) >= 11 is 0. The first-order valence-electron chi connectivity index (χ1n) is 8.11. The van der Waals surface area contributed by atoms with Crippen LogP contribution in [0.5, 0.6) is 11.5 Å². The summed E-state index contributed by atoms with van der Waals surface area (Å²) in [7, 11) is 3.09. The van der Waals surface area contributed by atoms with Gasteiger partial charge in [-0.1, -0.05) is 0 Å². The monoisotopic (exact) mass is 362 g/mol. The lowest BCUT2D eigenvalue weighted by molar-refractivity contribution is -0.161. The number of carbonyl (C=O) groups excluding carboxylic acids is 3. The minimum atomic E-state index is -0.541. The van der Waals surface area contributed by atoms with Gasteiger partial charge in [0.15, 0.2) is 6.61 Å². The number of hydrazine groups is 1. The summed E-state index contributed by atoms with van der Waals surface area (Å²) in [5, 5.41) is 2.65. The number of ether oxygens (including phenoxy) is 3. The lowest BCUT2D eigenvalue weighted by atomic mass is 10.1. The van der Waals surface area contributed by atoms with E-state index in [1.165, 1.54) is 30.1 Å². The number of nitrogens with zero attached hydrogens (tertiary/aromatic N) is 2. The fourth-order valence-electron chi connectivity index (χ4n) is 2.55. The van der Waals surface area contributed by atoms with E-state index in [0.717, 1.165) is 0 Å². The van der Waals surface area contributed by atoms with Gasteiger partial charge in [-0.25, -0.2) is 10.0 Å². The number of esters is 1. The molecule has 0 aliphatic carbocycles. The molecular formula is C18H22N2O6. The molecule has 1 heterocycles. The van der Waals surface area contributed by atoms with Crippen molar-refractivity contribution in [2.75, 3.05) is 33.9 Å². The van der Waals surface area contributed by atoms with Crippen LogP contribution in [0.15, 0.2) is 24.3 Å². The zero-order chi connectivity index (χ0) is 19.1. The van der Waals surface area contributed by atoms with Crippen LogP contribution in [-0.2, 0) is 19.1 Å². The molecule has 0 aromatic heterocycles. The highest BCUT2D eigenvalue weighted by Crippen LogP contribution is 2.25. The van der Waals surface area contributed by atoms with Gasteiger partial charge >= 0.3 is 5.97 Å². The lowest BCUT2D eigenvalue weighted by Crippen LogP contribution is -2.45. The van der Waals surface area contributed by atoms with Gasteiger partial charge in [-0.3, -0.25) is 14.4 Å². The van der Waals surface area contributed by atoms with Crippen molar-refractivity contribution < 1.29 is 28.6 Å². The average molecular weight is 362 g/mol. The Balaban J connectivity index is 2.09. The van der Waals surface area contributed by atoms with E-state index in [2.05, 4.69) is 0 Å². The number of hydrogen-bond donors (Lipinski definition) is 0. The van der Waals surface area contributed by atoms with Crippen molar-refractivity contribution in [3.63, 3.8) is 0 Å². The molecule has 0 unspecified atom stereocenters.